The molecule has 0 aliphatic carbocycles. The molecule has 0 bridgehead atoms. The number of alkyl halides is 2. The predicted octanol–water partition coefficient (Wildman–Crippen LogP) is 3.85. The second-order valence-electron chi connectivity index (χ2n) is 9.15. The zero-order chi connectivity index (χ0) is 25.4. The van der Waals surface area contributed by atoms with E-state index in [0.29, 0.717) is 23.6 Å². The van der Waals surface area contributed by atoms with Crippen LogP contribution in [-0.4, -0.2) is 83.0 Å². The molecule has 1 fully saturated rings. The molecule has 192 valence electrons. The molecule has 0 radical (unpaired) electrons. The lowest BCUT2D eigenvalue weighted by Crippen LogP contribution is -2.44. The summed E-state index contributed by atoms with van der Waals surface area (Å²) in [5.41, 5.74) is 4.72. The first-order chi connectivity index (χ1) is 17.4. The number of rotatable bonds is 8. The Labute approximate surface area is 207 Å². The van der Waals surface area contributed by atoms with Crippen molar-refractivity contribution in [2.75, 3.05) is 46.9 Å². The molecule has 0 saturated carbocycles. The Hall–Kier alpha value is -3.15. The summed E-state index contributed by atoms with van der Waals surface area (Å²) in [5.74, 6) is 2.13. The summed E-state index contributed by atoms with van der Waals surface area (Å²) in [5, 5.41) is 4.90. The highest BCUT2D eigenvalue weighted by Crippen LogP contribution is 2.39. The standard InChI is InChI=1S/C25H30F2N6O3/c1-15-23(16(2)36-30-15)18-11-19-17(12-21(18)34-4)24-20(13-28-19)29-22(33(24)9-10-35-25(26)27)14-32-7-5-31(3)6-8-32/h11-13,25H,5-10,14H2,1-4H3. The van der Waals surface area contributed by atoms with E-state index in [9.17, 15) is 8.78 Å². The SMILES string of the molecule is COc1cc2c(cc1-c1c(C)noc1C)ncc1nc(CN3CCN(C)CC3)n(CCOC(F)F)c12. The average molecular weight is 501 g/mol. The van der Waals surface area contributed by atoms with Crippen molar-refractivity contribution in [3.05, 3.63) is 35.6 Å². The van der Waals surface area contributed by atoms with Gasteiger partial charge in [0.25, 0.3) is 0 Å². The fourth-order valence-electron chi connectivity index (χ4n) is 4.92. The van der Waals surface area contributed by atoms with Gasteiger partial charge < -0.3 is 23.5 Å². The van der Waals surface area contributed by atoms with E-state index in [1.54, 1.807) is 13.3 Å². The number of fused-ring (bicyclic) bond motifs is 3. The van der Waals surface area contributed by atoms with Crippen molar-refractivity contribution in [1.29, 1.82) is 0 Å². The van der Waals surface area contributed by atoms with Crippen molar-refractivity contribution in [3.8, 4) is 16.9 Å². The van der Waals surface area contributed by atoms with Gasteiger partial charge in [-0.1, -0.05) is 5.16 Å². The number of likely N-dealkylation sites (N-methyl/N-ethyl adjacent to an activating group) is 1. The van der Waals surface area contributed by atoms with Gasteiger partial charge in [-0.2, -0.15) is 8.78 Å². The van der Waals surface area contributed by atoms with Crippen LogP contribution in [0.25, 0.3) is 33.1 Å². The second-order valence-corrected chi connectivity index (χ2v) is 9.15. The largest absolute Gasteiger partial charge is 0.496 e. The van der Waals surface area contributed by atoms with Gasteiger partial charge in [-0.25, -0.2) is 4.98 Å². The van der Waals surface area contributed by atoms with Crippen LogP contribution in [0, 0.1) is 13.8 Å². The van der Waals surface area contributed by atoms with Crippen molar-refractivity contribution in [2.24, 2.45) is 0 Å². The average Bonchev–Trinajstić information content (AvgIpc) is 3.38. The molecule has 1 saturated heterocycles. The number of hydrogen-bond acceptors (Lipinski definition) is 8. The molecular weight excluding hydrogens is 470 g/mol. The number of imidazole rings is 1. The Morgan fingerprint density at radius 2 is 1.89 bits per heavy atom. The quantitative estimate of drug-likeness (QED) is 0.361. The van der Waals surface area contributed by atoms with Crippen LogP contribution in [-0.2, 0) is 17.8 Å². The third-order valence-electron chi connectivity index (χ3n) is 6.79. The third kappa shape index (κ3) is 4.65. The maximum absolute atomic E-state index is 12.8. The van der Waals surface area contributed by atoms with Crippen LogP contribution in [0.4, 0.5) is 8.78 Å². The minimum atomic E-state index is -2.82. The summed E-state index contributed by atoms with van der Waals surface area (Å²) in [6, 6.07) is 3.88. The number of methoxy groups -OCH3 is 1. The van der Waals surface area contributed by atoms with Gasteiger partial charge in [0.2, 0.25) is 0 Å². The predicted molar refractivity (Wildman–Crippen MR) is 131 cm³/mol. The Balaban J connectivity index is 1.63. The molecule has 0 spiro atoms. The number of hydrogen-bond donors (Lipinski definition) is 0. The van der Waals surface area contributed by atoms with E-state index >= 15 is 0 Å². The molecule has 3 aromatic heterocycles. The second kappa shape index (κ2) is 10.1. The van der Waals surface area contributed by atoms with E-state index in [0.717, 1.165) is 65.2 Å². The van der Waals surface area contributed by atoms with Crippen molar-refractivity contribution in [1.82, 2.24) is 29.5 Å². The Kier molecular flexibility index (Phi) is 6.87. The van der Waals surface area contributed by atoms with E-state index in [4.69, 9.17) is 14.2 Å². The van der Waals surface area contributed by atoms with Crippen LogP contribution in [0.3, 0.4) is 0 Å². The van der Waals surface area contributed by atoms with E-state index in [1.807, 2.05) is 30.5 Å². The van der Waals surface area contributed by atoms with Crippen LogP contribution in [0.5, 0.6) is 5.75 Å². The van der Waals surface area contributed by atoms with E-state index < -0.39 is 6.61 Å². The normalized spacial score (nSPS) is 15.5. The van der Waals surface area contributed by atoms with Crippen LogP contribution < -0.4 is 4.74 Å². The van der Waals surface area contributed by atoms with E-state index in [-0.39, 0.29) is 13.2 Å². The highest BCUT2D eigenvalue weighted by molar-refractivity contribution is 6.05. The zero-order valence-electron chi connectivity index (χ0n) is 20.9. The summed E-state index contributed by atoms with van der Waals surface area (Å²) in [7, 11) is 3.72. The van der Waals surface area contributed by atoms with E-state index in [1.165, 1.54) is 0 Å². The van der Waals surface area contributed by atoms with Gasteiger partial charge in [0.15, 0.2) is 0 Å². The first-order valence-corrected chi connectivity index (χ1v) is 12.0. The Morgan fingerprint density at radius 1 is 1.11 bits per heavy atom. The van der Waals surface area contributed by atoms with Crippen LogP contribution in [0.2, 0.25) is 0 Å². The number of halogens is 2. The van der Waals surface area contributed by atoms with Crippen molar-refractivity contribution < 1.29 is 22.8 Å². The molecule has 9 nitrogen and oxygen atoms in total. The van der Waals surface area contributed by atoms with Gasteiger partial charge in [-0.15, -0.1) is 0 Å². The lowest BCUT2D eigenvalue weighted by Gasteiger charge is -2.32. The smallest absolute Gasteiger partial charge is 0.345 e. The van der Waals surface area contributed by atoms with Crippen molar-refractivity contribution >= 4 is 21.9 Å². The van der Waals surface area contributed by atoms with E-state index in [2.05, 4.69) is 31.7 Å². The molecule has 11 heteroatoms. The number of benzene rings is 1. The first kappa shape index (κ1) is 24.5. The number of aromatic nitrogens is 4. The van der Waals surface area contributed by atoms with Crippen molar-refractivity contribution in [2.45, 2.75) is 33.5 Å². The topological polar surface area (TPSA) is 81.7 Å². The molecule has 0 N–H and O–H groups in total. The molecule has 4 aromatic rings. The van der Waals surface area contributed by atoms with Gasteiger partial charge >= 0.3 is 6.61 Å². The Morgan fingerprint density at radius 3 is 2.56 bits per heavy atom. The van der Waals surface area contributed by atoms with Gasteiger partial charge in [0.05, 0.1) is 48.7 Å². The Bertz CT molecular complexity index is 1360. The van der Waals surface area contributed by atoms with Gasteiger partial charge in [-0.05, 0) is 33.0 Å². The zero-order valence-corrected chi connectivity index (χ0v) is 20.9. The molecule has 1 aromatic carbocycles. The van der Waals surface area contributed by atoms with Gasteiger partial charge in [0, 0.05) is 43.7 Å². The van der Waals surface area contributed by atoms with Gasteiger partial charge in [-0.3, -0.25) is 9.88 Å². The fourth-order valence-corrected chi connectivity index (χ4v) is 4.92. The number of piperazine rings is 1. The monoisotopic (exact) mass is 500 g/mol. The maximum Gasteiger partial charge on any atom is 0.345 e. The van der Waals surface area contributed by atoms with Crippen LogP contribution >= 0.6 is 0 Å². The van der Waals surface area contributed by atoms with Gasteiger partial charge in [0.1, 0.15) is 22.9 Å². The number of pyridine rings is 1. The van der Waals surface area contributed by atoms with Crippen molar-refractivity contribution in [3.63, 3.8) is 0 Å². The molecule has 0 amide bonds. The van der Waals surface area contributed by atoms with Crippen LogP contribution in [0.15, 0.2) is 22.9 Å². The minimum Gasteiger partial charge on any atom is -0.496 e. The summed E-state index contributed by atoms with van der Waals surface area (Å²) in [6.07, 6.45) is 1.74. The highest BCUT2D eigenvalue weighted by atomic mass is 19.3. The molecule has 0 atom stereocenters. The molecule has 4 heterocycles. The molecular formula is C25H30F2N6O3. The van der Waals surface area contributed by atoms with Crippen LogP contribution in [0.1, 0.15) is 17.3 Å². The minimum absolute atomic E-state index is 0.128. The molecule has 1 aliphatic rings. The third-order valence-corrected chi connectivity index (χ3v) is 6.79. The number of nitrogens with zero attached hydrogens (tertiary/aromatic N) is 6. The maximum atomic E-state index is 12.8. The number of ether oxygens (including phenoxy) is 2. The fraction of sp³-hybridized carbons (Fsp3) is 0.480. The lowest BCUT2D eigenvalue weighted by molar-refractivity contribution is -0.130. The lowest BCUT2D eigenvalue weighted by atomic mass is 10.0. The molecule has 36 heavy (non-hydrogen) atoms. The highest BCUT2D eigenvalue weighted by Gasteiger charge is 2.22. The molecule has 5 rings (SSSR count). The molecule has 0 unspecified atom stereocenters. The number of aryl methyl sites for hydroxylation is 2. The summed E-state index contributed by atoms with van der Waals surface area (Å²) in [6.45, 7) is 5.44. The summed E-state index contributed by atoms with van der Waals surface area (Å²) in [4.78, 5) is 14.2. The first-order valence-electron chi connectivity index (χ1n) is 12.0. The molecule has 1 aliphatic heterocycles. The summed E-state index contributed by atoms with van der Waals surface area (Å²) < 4.78 is 43.3. The summed E-state index contributed by atoms with van der Waals surface area (Å²) >= 11 is 0.